The van der Waals surface area contributed by atoms with Crippen LogP contribution >= 0.6 is 23.4 Å². The minimum Gasteiger partial charge on any atom is -0.293 e. The quantitative estimate of drug-likeness (QED) is 0.256. The molecule has 0 aliphatic rings. The molecule has 0 radical (unpaired) electrons. The molecule has 3 rings (SSSR count). The van der Waals surface area contributed by atoms with Gasteiger partial charge < -0.3 is 0 Å². The van der Waals surface area contributed by atoms with E-state index >= 15 is 0 Å². The smallest absolute Gasteiger partial charge is 0.262 e. The van der Waals surface area contributed by atoms with E-state index < -0.39 is 0 Å². The topological polar surface area (TPSA) is 52.0 Å². The van der Waals surface area contributed by atoms with E-state index in [1.165, 1.54) is 17.3 Å². The van der Waals surface area contributed by atoms with Crippen LogP contribution in [0, 0.1) is 26.7 Å². The van der Waals surface area contributed by atoms with E-state index in [2.05, 4.69) is 18.8 Å². The molecule has 0 aliphatic carbocycles. The molecule has 0 aliphatic heterocycles. The van der Waals surface area contributed by atoms with Crippen LogP contribution in [0.1, 0.15) is 47.3 Å². The number of carbonyl (C=O) groups is 1. The Morgan fingerprint density at radius 2 is 1.80 bits per heavy atom. The molecule has 0 unspecified atom stereocenters. The predicted octanol–water partition coefficient (Wildman–Crippen LogP) is 6.00. The first kappa shape index (κ1) is 22.6. The lowest BCUT2D eigenvalue weighted by Crippen LogP contribution is -2.24. The van der Waals surface area contributed by atoms with E-state index in [9.17, 15) is 9.59 Å². The minimum absolute atomic E-state index is 0.0384. The number of benzene rings is 2. The molecule has 0 atom stereocenters. The van der Waals surface area contributed by atoms with Crippen molar-refractivity contribution in [1.82, 2.24) is 9.55 Å². The highest BCUT2D eigenvalue weighted by atomic mass is 35.5. The lowest BCUT2D eigenvalue weighted by atomic mass is 9.99. The van der Waals surface area contributed by atoms with Crippen LogP contribution in [-0.2, 0) is 6.54 Å². The van der Waals surface area contributed by atoms with Crippen LogP contribution in [0.3, 0.4) is 0 Å². The van der Waals surface area contributed by atoms with Crippen molar-refractivity contribution in [2.24, 2.45) is 5.92 Å². The van der Waals surface area contributed by atoms with Gasteiger partial charge in [0.25, 0.3) is 5.56 Å². The summed E-state index contributed by atoms with van der Waals surface area (Å²) in [6.07, 6.45) is 0.860. The van der Waals surface area contributed by atoms with Crippen molar-refractivity contribution in [1.29, 1.82) is 0 Å². The zero-order chi connectivity index (χ0) is 22.0. The largest absolute Gasteiger partial charge is 0.293 e. The molecule has 158 valence electrons. The molecular formula is C24H27ClN2O2S. The number of aromatic nitrogens is 2. The molecule has 0 spiro atoms. The molecule has 4 nitrogen and oxygen atoms in total. The molecule has 0 saturated heterocycles. The van der Waals surface area contributed by atoms with Crippen LogP contribution in [0.4, 0.5) is 0 Å². The first-order valence-electron chi connectivity index (χ1n) is 10.1. The number of ketones is 1. The van der Waals surface area contributed by atoms with Crippen molar-refractivity contribution >= 4 is 40.0 Å². The molecule has 2 aromatic carbocycles. The van der Waals surface area contributed by atoms with Crippen molar-refractivity contribution in [2.75, 3.05) is 5.75 Å². The maximum atomic E-state index is 13.1. The first-order chi connectivity index (χ1) is 14.2. The SMILES string of the molecule is Cc1cc(C)c(C(=O)CSc2nc3cc(Cl)ccc3c(=O)n2CCC(C)C)cc1C. The van der Waals surface area contributed by atoms with Gasteiger partial charge in [-0.15, -0.1) is 0 Å². The van der Waals surface area contributed by atoms with E-state index in [-0.39, 0.29) is 17.1 Å². The fourth-order valence-corrected chi connectivity index (χ4v) is 4.41. The number of halogens is 1. The zero-order valence-corrected chi connectivity index (χ0v) is 19.7. The Labute approximate surface area is 186 Å². The number of thioether (sulfide) groups is 1. The van der Waals surface area contributed by atoms with E-state index in [1.807, 2.05) is 32.9 Å². The summed E-state index contributed by atoms with van der Waals surface area (Å²) in [4.78, 5) is 30.7. The zero-order valence-electron chi connectivity index (χ0n) is 18.1. The molecule has 1 aromatic heterocycles. The Bertz CT molecular complexity index is 1170. The van der Waals surface area contributed by atoms with Crippen LogP contribution in [0.15, 0.2) is 40.3 Å². The van der Waals surface area contributed by atoms with Gasteiger partial charge in [0.15, 0.2) is 10.9 Å². The maximum Gasteiger partial charge on any atom is 0.262 e. The summed E-state index contributed by atoms with van der Waals surface area (Å²) >= 11 is 7.42. The molecule has 30 heavy (non-hydrogen) atoms. The van der Waals surface area contributed by atoms with Crippen LogP contribution in [-0.4, -0.2) is 21.1 Å². The molecule has 0 fully saturated rings. The number of fused-ring (bicyclic) bond motifs is 1. The molecule has 3 aromatic rings. The standard InChI is InChI=1S/C24H27ClN2O2S/c1-14(2)8-9-27-23(29)19-7-6-18(25)12-21(19)26-24(27)30-13-22(28)20-11-16(4)15(3)10-17(20)5/h6-7,10-12,14H,8-9,13H2,1-5H3. The molecule has 1 heterocycles. The summed E-state index contributed by atoms with van der Waals surface area (Å²) in [5.41, 5.74) is 4.44. The molecule has 0 amide bonds. The summed E-state index contributed by atoms with van der Waals surface area (Å²) in [7, 11) is 0. The van der Waals surface area contributed by atoms with E-state index in [4.69, 9.17) is 11.6 Å². The predicted molar refractivity (Wildman–Crippen MR) is 126 cm³/mol. The van der Waals surface area contributed by atoms with E-state index in [1.54, 1.807) is 22.8 Å². The molecule has 6 heteroatoms. The maximum absolute atomic E-state index is 13.1. The Kier molecular flexibility index (Phi) is 7.04. The van der Waals surface area contributed by atoms with Crippen LogP contribution < -0.4 is 5.56 Å². The Hall–Kier alpha value is -2.11. The van der Waals surface area contributed by atoms with Gasteiger partial charge in [0.05, 0.1) is 16.7 Å². The highest BCUT2D eigenvalue weighted by Crippen LogP contribution is 2.23. The molecule has 0 N–H and O–H groups in total. The highest BCUT2D eigenvalue weighted by Gasteiger charge is 2.16. The summed E-state index contributed by atoms with van der Waals surface area (Å²) in [6.45, 7) is 10.8. The third kappa shape index (κ3) is 4.96. The summed E-state index contributed by atoms with van der Waals surface area (Å²) in [5.74, 6) is 0.718. The van der Waals surface area contributed by atoms with Gasteiger partial charge in [-0.05, 0) is 74.1 Å². The lowest BCUT2D eigenvalue weighted by molar-refractivity contribution is 0.102. The van der Waals surface area contributed by atoms with Gasteiger partial charge in [0.1, 0.15) is 0 Å². The van der Waals surface area contributed by atoms with Gasteiger partial charge in [-0.25, -0.2) is 4.98 Å². The number of Topliss-reactive ketones (excluding diaryl/α,β-unsaturated/α-hetero) is 1. The fourth-order valence-electron chi connectivity index (χ4n) is 3.34. The summed E-state index contributed by atoms with van der Waals surface area (Å²) in [5, 5.41) is 1.64. The van der Waals surface area contributed by atoms with E-state index in [0.717, 1.165) is 23.1 Å². The Balaban J connectivity index is 1.95. The third-order valence-electron chi connectivity index (χ3n) is 5.29. The monoisotopic (exact) mass is 442 g/mol. The average molecular weight is 443 g/mol. The third-order valence-corrected chi connectivity index (χ3v) is 6.50. The van der Waals surface area contributed by atoms with Gasteiger partial charge in [0, 0.05) is 17.1 Å². The van der Waals surface area contributed by atoms with Crippen molar-refractivity contribution in [3.05, 3.63) is 68.0 Å². The van der Waals surface area contributed by atoms with Crippen LogP contribution in [0.2, 0.25) is 5.02 Å². The van der Waals surface area contributed by atoms with E-state index in [0.29, 0.717) is 33.5 Å². The number of aryl methyl sites for hydroxylation is 3. The van der Waals surface area contributed by atoms with Crippen LogP contribution in [0.25, 0.3) is 10.9 Å². The van der Waals surface area contributed by atoms with Gasteiger partial charge in [-0.1, -0.05) is 43.3 Å². The average Bonchev–Trinajstić information content (AvgIpc) is 2.67. The number of rotatable bonds is 7. The second-order valence-corrected chi connectivity index (χ2v) is 9.54. The number of carbonyl (C=O) groups excluding carboxylic acids is 1. The van der Waals surface area contributed by atoms with Crippen LogP contribution in [0.5, 0.6) is 0 Å². The van der Waals surface area contributed by atoms with Crippen molar-refractivity contribution in [2.45, 2.75) is 52.7 Å². The van der Waals surface area contributed by atoms with Gasteiger partial charge >= 0.3 is 0 Å². The van der Waals surface area contributed by atoms with Gasteiger partial charge in [-0.2, -0.15) is 0 Å². The molecular weight excluding hydrogens is 416 g/mol. The van der Waals surface area contributed by atoms with Gasteiger partial charge in [0.2, 0.25) is 0 Å². The second kappa shape index (κ2) is 9.36. The first-order valence-corrected chi connectivity index (χ1v) is 11.5. The molecule has 0 bridgehead atoms. The van der Waals surface area contributed by atoms with Crippen molar-refractivity contribution < 1.29 is 4.79 Å². The second-order valence-electron chi connectivity index (χ2n) is 8.16. The Morgan fingerprint density at radius 1 is 1.10 bits per heavy atom. The minimum atomic E-state index is -0.0883. The number of hydrogen-bond donors (Lipinski definition) is 0. The number of nitrogens with zero attached hydrogens (tertiary/aromatic N) is 2. The fraction of sp³-hybridized carbons (Fsp3) is 0.375. The normalized spacial score (nSPS) is 11.4. The number of hydrogen-bond acceptors (Lipinski definition) is 4. The van der Waals surface area contributed by atoms with Gasteiger partial charge in [-0.3, -0.25) is 14.2 Å². The summed E-state index contributed by atoms with van der Waals surface area (Å²) < 4.78 is 1.70. The molecule has 0 saturated carbocycles. The highest BCUT2D eigenvalue weighted by molar-refractivity contribution is 7.99. The summed E-state index contributed by atoms with van der Waals surface area (Å²) in [6, 6.07) is 9.12. The van der Waals surface area contributed by atoms with Crippen molar-refractivity contribution in [3.63, 3.8) is 0 Å². The Morgan fingerprint density at radius 3 is 2.50 bits per heavy atom. The van der Waals surface area contributed by atoms with Crippen molar-refractivity contribution in [3.8, 4) is 0 Å². The lowest BCUT2D eigenvalue weighted by Gasteiger charge is -2.14.